The standard InChI is InChI=1S/C14H20N4O2/c1-3-18(8-4-7-15)10-14(19)17-12-9-11(16)5-6-13(12)20-2/h5-6,9H,3-4,8,10,16H2,1-2H3,(H,17,19). The lowest BCUT2D eigenvalue weighted by molar-refractivity contribution is -0.117. The van der Waals surface area contributed by atoms with Crippen LogP contribution < -0.4 is 15.8 Å². The Kier molecular flexibility index (Phi) is 6.33. The highest BCUT2D eigenvalue weighted by Crippen LogP contribution is 2.26. The number of carbonyl (C=O) groups is 1. The first kappa shape index (κ1) is 15.8. The van der Waals surface area contributed by atoms with Crippen LogP contribution in [0.3, 0.4) is 0 Å². The van der Waals surface area contributed by atoms with Gasteiger partial charge in [-0.3, -0.25) is 9.69 Å². The highest BCUT2D eigenvalue weighted by molar-refractivity contribution is 5.94. The number of nitrogens with two attached hydrogens (primary N) is 1. The second-order valence-corrected chi connectivity index (χ2v) is 4.28. The zero-order valence-electron chi connectivity index (χ0n) is 11.8. The smallest absolute Gasteiger partial charge is 0.238 e. The van der Waals surface area contributed by atoms with Gasteiger partial charge in [-0.15, -0.1) is 0 Å². The van der Waals surface area contributed by atoms with E-state index in [1.165, 1.54) is 7.11 Å². The molecule has 0 aromatic heterocycles. The fourth-order valence-electron chi connectivity index (χ4n) is 1.77. The van der Waals surface area contributed by atoms with E-state index in [9.17, 15) is 4.79 Å². The van der Waals surface area contributed by atoms with Crippen LogP contribution in [0.15, 0.2) is 18.2 Å². The van der Waals surface area contributed by atoms with Crippen LogP contribution in [-0.2, 0) is 4.79 Å². The second-order valence-electron chi connectivity index (χ2n) is 4.28. The molecule has 0 spiro atoms. The Bertz CT molecular complexity index is 496. The lowest BCUT2D eigenvalue weighted by Crippen LogP contribution is -2.33. The Labute approximate surface area is 119 Å². The molecular formula is C14H20N4O2. The van der Waals surface area contributed by atoms with Crippen molar-refractivity contribution < 1.29 is 9.53 Å². The molecule has 0 aliphatic heterocycles. The summed E-state index contributed by atoms with van der Waals surface area (Å²) < 4.78 is 5.17. The predicted octanol–water partition coefficient (Wildman–Crippen LogP) is 1.45. The monoisotopic (exact) mass is 276 g/mol. The summed E-state index contributed by atoms with van der Waals surface area (Å²) in [5.41, 5.74) is 6.80. The van der Waals surface area contributed by atoms with Crippen LogP contribution in [0.25, 0.3) is 0 Å². The van der Waals surface area contributed by atoms with Crippen molar-refractivity contribution in [3.63, 3.8) is 0 Å². The maximum atomic E-state index is 12.0. The van der Waals surface area contributed by atoms with Gasteiger partial charge >= 0.3 is 0 Å². The summed E-state index contributed by atoms with van der Waals surface area (Å²) in [6, 6.07) is 7.14. The summed E-state index contributed by atoms with van der Waals surface area (Å²) >= 11 is 0. The second kappa shape index (κ2) is 8.02. The van der Waals surface area contributed by atoms with Gasteiger partial charge in [0.25, 0.3) is 0 Å². The van der Waals surface area contributed by atoms with Crippen molar-refractivity contribution in [1.82, 2.24) is 4.90 Å². The normalized spacial score (nSPS) is 10.1. The molecule has 108 valence electrons. The molecule has 1 aromatic carbocycles. The minimum atomic E-state index is -0.159. The van der Waals surface area contributed by atoms with Crippen molar-refractivity contribution in [3.8, 4) is 11.8 Å². The molecule has 0 fully saturated rings. The Balaban J connectivity index is 2.66. The van der Waals surface area contributed by atoms with Crippen LogP contribution in [0.2, 0.25) is 0 Å². The number of nitriles is 1. The zero-order chi connectivity index (χ0) is 15.0. The largest absolute Gasteiger partial charge is 0.495 e. The predicted molar refractivity (Wildman–Crippen MR) is 78.4 cm³/mol. The summed E-state index contributed by atoms with van der Waals surface area (Å²) in [6.07, 6.45) is 0.405. The molecule has 0 aliphatic rings. The number of benzene rings is 1. The maximum absolute atomic E-state index is 12.0. The number of nitrogen functional groups attached to an aromatic ring is 1. The fourth-order valence-corrected chi connectivity index (χ4v) is 1.77. The van der Waals surface area contributed by atoms with E-state index in [0.29, 0.717) is 36.6 Å². The van der Waals surface area contributed by atoms with E-state index >= 15 is 0 Å². The zero-order valence-corrected chi connectivity index (χ0v) is 11.8. The third-order valence-electron chi connectivity index (χ3n) is 2.85. The first-order valence-corrected chi connectivity index (χ1v) is 6.43. The lowest BCUT2D eigenvalue weighted by atomic mass is 10.2. The third kappa shape index (κ3) is 4.78. The van der Waals surface area contributed by atoms with Crippen molar-refractivity contribution in [2.24, 2.45) is 0 Å². The molecule has 1 rings (SSSR count). The SMILES string of the molecule is CCN(CCC#N)CC(=O)Nc1cc(N)ccc1OC. The number of likely N-dealkylation sites (N-methyl/N-ethyl adjacent to an activating group) is 1. The van der Waals surface area contributed by atoms with Gasteiger partial charge in [-0.25, -0.2) is 0 Å². The molecule has 1 aromatic rings. The Morgan fingerprint density at radius 1 is 1.55 bits per heavy atom. The quantitative estimate of drug-likeness (QED) is 0.735. The van der Waals surface area contributed by atoms with Crippen LogP contribution in [0.5, 0.6) is 5.75 Å². The number of carbonyl (C=O) groups excluding carboxylic acids is 1. The van der Waals surface area contributed by atoms with Crippen molar-refractivity contribution in [2.45, 2.75) is 13.3 Å². The van der Waals surface area contributed by atoms with E-state index in [-0.39, 0.29) is 12.5 Å². The first-order chi connectivity index (χ1) is 9.60. The maximum Gasteiger partial charge on any atom is 0.238 e. The van der Waals surface area contributed by atoms with Crippen LogP contribution >= 0.6 is 0 Å². The molecule has 0 saturated heterocycles. The van der Waals surface area contributed by atoms with Crippen LogP contribution in [-0.4, -0.2) is 37.6 Å². The molecule has 20 heavy (non-hydrogen) atoms. The Hall–Kier alpha value is -2.26. The molecular weight excluding hydrogens is 256 g/mol. The lowest BCUT2D eigenvalue weighted by Gasteiger charge is -2.19. The van der Waals surface area contributed by atoms with Gasteiger partial charge in [-0.05, 0) is 24.7 Å². The summed E-state index contributed by atoms with van der Waals surface area (Å²) in [5.74, 6) is 0.404. The Morgan fingerprint density at radius 3 is 2.90 bits per heavy atom. The number of nitrogens with zero attached hydrogens (tertiary/aromatic N) is 2. The van der Waals surface area contributed by atoms with Crippen molar-refractivity contribution in [1.29, 1.82) is 5.26 Å². The number of nitrogens with one attached hydrogen (secondary N) is 1. The number of hydrogen-bond acceptors (Lipinski definition) is 5. The minimum absolute atomic E-state index is 0.159. The molecule has 1 amide bonds. The number of anilines is 2. The van der Waals surface area contributed by atoms with Gasteiger partial charge in [0.15, 0.2) is 0 Å². The van der Waals surface area contributed by atoms with Gasteiger partial charge in [0, 0.05) is 18.7 Å². The number of amides is 1. The van der Waals surface area contributed by atoms with Crippen LogP contribution in [0.1, 0.15) is 13.3 Å². The van der Waals surface area contributed by atoms with E-state index in [4.69, 9.17) is 15.7 Å². The van der Waals surface area contributed by atoms with Crippen molar-refractivity contribution in [3.05, 3.63) is 18.2 Å². The first-order valence-electron chi connectivity index (χ1n) is 6.43. The molecule has 3 N–H and O–H groups in total. The Morgan fingerprint density at radius 2 is 2.30 bits per heavy atom. The number of hydrogen-bond donors (Lipinski definition) is 2. The summed E-state index contributed by atoms with van der Waals surface area (Å²) in [7, 11) is 1.53. The fraction of sp³-hybridized carbons (Fsp3) is 0.429. The molecule has 0 radical (unpaired) electrons. The third-order valence-corrected chi connectivity index (χ3v) is 2.85. The molecule has 6 heteroatoms. The topological polar surface area (TPSA) is 91.4 Å². The highest BCUT2D eigenvalue weighted by Gasteiger charge is 2.11. The molecule has 0 atom stereocenters. The van der Waals surface area contributed by atoms with Crippen LogP contribution in [0, 0.1) is 11.3 Å². The highest BCUT2D eigenvalue weighted by atomic mass is 16.5. The van der Waals surface area contributed by atoms with Gasteiger partial charge < -0.3 is 15.8 Å². The summed E-state index contributed by atoms with van der Waals surface area (Å²) in [4.78, 5) is 13.9. The number of methoxy groups -OCH3 is 1. The minimum Gasteiger partial charge on any atom is -0.495 e. The molecule has 0 aliphatic carbocycles. The van der Waals surface area contributed by atoms with Gasteiger partial charge in [0.05, 0.1) is 25.4 Å². The molecule has 0 heterocycles. The van der Waals surface area contributed by atoms with E-state index in [1.54, 1.807) is 18.2 Å². The molecule has 6 nitrogen and oxygen atoms in total. The van der Waals surface area contributed by atoms with E-state index < -0.39 is 0 Å². The van der Waals surface area contributed by atoms with Gasteiger partial charge in [0.2, 0.25) is 5.91 Å². The number of rotatable bonds is 7. The summed E-state index contributed by atoms with van der Waals surface area (Å²) in [5, 5.41) is 11.3. The average molecular weight is 276 g/mol. The van der Waals surface area contributed by atoms with E-state index in [1.807, 2.05) is 11.8 Å². The van der Waals surface area contributed by atoms with E-state index in [0.717, 1.165) is 0 Å². The molecule has 0 saturated carbocycles. The van der Waals surface area contributed by atoms with Gasteiger partial charge in [0.1, 0.15) is 5.75 Å². The van der Waals surface area contributed by atoms with Crippen LogP contribution in [0.4, 0.5) is 11.4 Å². The van der Waals surface area contributed by atoms with Gasteiger partial charge in [-0.1, -0.05) is 6.92 Å². The van der Waals surface area contributed by atoms with Crippen molar-refractivity contribution in [2.75, 3.05) is 37.8 Å². The average Bonchev–Trinajstić information content (AvgIpc) is 2.43. The molecule has 0 unspecified atom stereocenters. The van der Waals surface area contributed by atoms with Gasteiger partial charge in [-0.2, -0.15) is 5.26 Å². The van der Waals surface area contributed by atoms with E-state index in [2.05, 4.69) is 11.4 Å². The summed E-state index contributed by atoms with van der Waals surface area (Å²) in [6.45, 7) is 3.47. The molecule has 0 bridgehead atoms. The van der Waals surface area contributed by atoms with Crippen molar-refractivity contribution >= 4 is 17.3 Å². The number of ether oxygens (including phenoxy) is 1.